The zero-order valence-electron chi connectivity index (χ0n) is 11.7. The topological polar surface area (TPSA) is 63.8 Å². The summed E-state index contributed by atoms with van der Waals surface area (Å²) in [6, 6.07) is 4.49. The number of anilines is 2. The third-order valence-corrected chi connectivity index (χ3v) is 4.89. The molecule has 4 nitrogen and oxygen atoms in total. The SMILES string of the molecule is CC1CCCCC1Nc1snc(N)c1-c1cccnc1. The summed E-state index contributed by atoms with van der Waals surface area (Å²) in [5.74, 6) is 1.29. The van der Waals surface area contributed by atoms with E-state index in [-0.39, 0.29) is 0 Å². The average molecular weight is 288 g/mol. The lowest BCUT2D eigenvalue weighted by molar-refractivity contribution is 0.350. The molecule has 1 fully saturated rings. The van der Waals surface area contributed by atoms with Crippen molar-refractivity contribution in [1.29, 1.82) is 0 Å². The summed E-state index contributed by atoms with van der Waals surface area (Å²) in [4.78, 5) is 4.18. The lowest BCUT2D eigenvalue weighted by Gasteiger charge is -2.30. The summed E-state index contributed by atoms with van der Waals surface area (Å²) in [6.45, 7) is 2.32. The number of nitrogens with one attached hydrogen (secondary N) is 1. The number of pyridine rings is 1. The largest absolute Gasteiger partial charge is 0.382 e. The van der Waals surface area contributed by atoms with Gasteiger partial charge in [0, 0.05) is 24.0 Å². The van der Waals surface area contributed by atoms with Gasteiger partial charge in [0.15, 0.2) is 0 Å². The van der Waals surface area contributed by atoms with Crippen LogP contribution in [-0.4, -0.2) is 15.4 Å². The molecule has 3 N–H and O–H groups in total. The minimum absolute atomic E-state index is 0.527. The smallest absolute Gasteiger partial charge is 0.147 e. The van der Waals surface area contributed by atoms with Crippen LogP contribution in [0, 0.1) is 5.92 Å². The molecule has 0 bridgehead atoms. The van der Waals surface area contributed by atoms with Gasteiger partial charge in [-0.2, -0.15) is 4.37 Å². The van der Waals surface area contributed by atoms with Crippen molar-refractivity contribution in [3.05, 3.63) is 24.5 Å². The van der Waals surface area contributed by atoms with Crippen LogP contribution >= 0.6 is 11.5 Å². The van der Waals surface area contributed by atoms with E-state index in [1.165, 1.54) is 37.2 Å². The summed E-state index contributed by atoms with van der Waals surface area (Å²) < 4.78 is 4.31. The second-order valence-electron chi connectivity index (χ2n) is 5.53. The molecule has 0 aromatic carbocycles. The summed E-state index contributed by atoms with van der Waals surface area (Å²) in [5, 5.41) is 4.74. The number of nitrogens with zero attached hydrogens (tertiary/aromatic N) is 2. The Morgan fingerprint density at radius 3 is 2.95 bits per heavy atom. The number of aromatic nitrogens is 2. The average Bonchev–Trinajstić information content (AvgIpc) is 2.83. The highest BCUT2D eigenvalue weighted by Gasteiger charge is 2.23. The Balaban J connectivity index is 1.87. The first kappa shape index (κ1) is 13.4. The Labute approximate surface area is 123 Å². The Bertz CT molecular complexity index is 567. The van der Waals surface area contributed by atoms with Crippen molar-refractivity contribution >= 4 is 22.4 Å². The van der Waals surface area contributed by atoms with E-state index in [1.54, 1.807) is 6.20 Å². The molecule has 5 heteroatoms. The van der Waals surface area contributed by atoms with Gasteiger partial charge in [0.1, 0.15) is 10.8 Å². The van der Waals surface area contributed by atoms with E-state index in [2.05, 4.69) is 21.6 Å². The van der Waals surface area contributed by atoms with Crippen LogP contribution in [0.2, 0.25) is 0 Å². The van der Waals surface area contributed by atoms with Crippen LogP contribution in [0.4, 0.5) is 10.8 Å². The molecule has 0 spiro atoms. The molecule has 0 saturated heterocycles. The molecule has 0 aliphatic heterocycles. The summed E-state index contributed by atoms with van der Waals surface area (Å²) in [7, 11) is 0. The molecular weight excluding hydrogens is 268 g/mol. The van der Waals surface area contributed by atoms with Crippen LogP contribution in [0.3, 0.4) is 0 Å². The zero-order chi connectivity index (χ0) is 13.9. The number of nitrogens with two attached hydrogens (primary N) is 1. The molecule has 2 aromatic heterocycles. The molecule has 2 unspecified atom stereocenters. The van der Waals surface area contributed by atoms with Gasteiger partial charge in [0.25, 0.3) is 0 Å². The molecule has 0 radical (unpaired) electrons. The summed E-state index contributed by atoms with van der Waals surface area (Å²) >= 11 is 1.45. The first-order valence-electron chi connectivity index (χ1n) is 7.18. The molecule has 1 aliphatic carbocycles. The maximum atomic E-state index is 6.04. The molecule has 2 aromatic rings. The third-order valence-electron chi connectivity index (χ3n) is 4.10. The van der Waals surface area contributed by atoms with Crippen LogP contribution in [0.25, 0.3) is 11.1 Å². The van der Waals surface area contributed by atoms with Crippen LogP contribution in [0.1, 0.15) is 32.6 Å². The molecule has 0 amide bonds. The molecular formula is C15H20N4S. The second kappa shape index (κ2) is 5.79. The number of hydrogen-bond acceptors (Lipinski definition) is 5. The lowest BCUT2D eigenvalue weighted by Crippen LogP contribution is -2.30. The monoisotopic (exact) mass is 288 g/mol. The molecule has 106 valence electrons. The molecule has 1 saturated carbocycles. The molecule has 20 heavy (non-hydrogen) atoms. The van der Waals surface area contributed by atoms with Crippen LogP contribution in [-0.2, 0) is 0 Å². The fourth-order valence-electron chi connectivity index (χ4n) is 2.89. The van der Waals surface area contributed by atoms with Gasteiger partial charge in [-0.1, -0.05) is 25.8 Å². The normalized spacial score (nSPS) is 22.6. The van der Waals surface area contributed by atoms with E-state index in [4.69, 9.17) is 5.73 Å². The van der Waals surface area contributed by atoms with Crippen LogP contribution in [0.15, 0.2) is 24.5 Å². The van der Waals surface area contributed by atoms with Gasteiger partial charge in [-0.05, 0) is 36.4 Å². The summed E-state index contributed by atoms with van der Waals surface area (Å²) in [6.07, 6.45) is 8.79. The number of rotatable bonds is 3. The highest BCUT2D eigenvalue weighted by molar-refractivity contribution is 7.11. The standard InChI is InChI=1S/C15H20N4S/c1-10-5-2-3-7-12(10)18-15-13(14(16)19-20-15)11-6-4-8-17-9-11/h4,6,8-10,12,18H,2-3,5,7H2,1H3,(H2,16,19). The minimum atomic E-state index is 0.527. The van der Waals surface area contributed by atoms with E-state index in [9.17, 15) is 0 Å². The van der Waals surface area contributed by atoms with Gasteiger partial charge < -0.3 is 11.1 Å². The molecule has 3 rings (SSSR count). The molecule has 2 heterocycles. The van der Waals surface area contributed by atoms with E-state index in [0.29, 0.717) is 17.8 Å². The van der Waals surface area contributed by atoms with E-state index in [1.807, 2.05) is 18.3 Å². The first-order chi connectivity index (χ1) is 9.75. The van der Waals surface area contributed by atoms with Crippen molar-refractivity contribution in [2.24, 2.45) is 5.92 Å². The number of nitrogen functional groups attached to an aromatic ring is 1. The van der Waals surface area contributed by atoms with Gasteiger partial charge in [-0.15, -0.1) is 0 Å². The first-order valence-corrected chi connectivity index (χ1v) is 7.95. The maximum Gasteiger partial charge on any atom is 0.147 e. The van der Waals surface area contributed by atoms with E-state index < -0.39 is 0 Å². The van der Waals surface area contributed by atoms with Crippen molar-refractivity contribution in [2.75, 3.05) is 11.1 Å². The fourth-order valence-corrected chi connectivity index (χ4v) is 3.69. The van der Waals surface area contributed by atoms with Gasteiger partial charge in [0.05, 0.1) is 5.56 Å². The van der Waals surface area contributed by atoms with Gasteiger partial charge in [-0.25, -0.2) is 0 Å². The minimum Gasteiger partial charge on any atom is -0.382 e. The Morgan fingerprint density at radius 2 is 2.20 bits per heavy atom. The van der Waals surface area contributed by atoms with Gasteiger partial charge >= 0.3 is 0 Å². The van der Waals surface area contributed by atoms with Crippen molar-refractivity contribution in [3.63, 3.8) is 0 Å². The lowest BCUT2D eigenvalue weighted by atomic mass is 9.86. The molecule has 2 atom stereocenters. The Kier molecular flexibility index (Phi) is 3.87. The van der Waals surface area contributed by atoms with Crippen molar-refractivity contribution in [1.82, 2.24) is 9.36 Å². The molecule has 1 aliphatic rings. The quantitative estimate of drug-likeness (QED) is 0.902. The van der Waals surface area contributed by atoms with Crippen LogP contribution in [0.5, 0.6) is 0 Å². The van der Waals surface area contributed by atoms with Gasteiger partial charge in [0.2, 0.25) is 0 Å². The Hall–Kier alpha value is -1.62. The van der Waals surface area contributed by atoms with Crippen LogP contribution < -0.4 is 11.1 Å². The van der Waals surface area contributed by atoms with Gasteiger partial charge in [-0.3, -0.25) is 4.98 Å². The zero-order valence-corrected chi connectivity index (χ0v) is 12.5. The number of hydrogen-bond donors (Lipinski definition) is 2. The van der Waals surface area contributed by atoms with E-state index >= 15 is 0 Å². The van der Waals surface area contributed by atoms with Crippen molar-refractivity contribution < 1.29 is 0 Å². The van der Waals surface area contributed by atoms with E-state index in [0.717, 1.165) is 16.1 Å². The fraction of sp³-hybridized carbons (Fsp3) is 0.467. The predicted molar refractivity (Wildman–Crippen MR) is 84.8 cm³/mol. The highest BCUT2D eigenvalue weighted by atomic mass is 32.1. The maximum absolute atomic E-state index is 6.04. The van der Waals surface area contributed by atoms with Crippen molar-refractivity contribution in [3.8, 4) is 11.1 Å². The summed E-state index contributed by atoms with van der Waals surface area (Å²) in [5.41, 5.74) is 8.08. The Morgan fingerprint density at radius 1 is 1.35 bits per heavy atom. The second-order valence-corrected chi connectivity index (χ2v) is 6.30. The van der Waals surface area contributed by atoms with Crippen molar-refractivity contribution in [2.45, 2.75) is 38.6 Å². The predicted octanol–water partition coefficient (Wildman–Crippen LogP) is 3.78. The highest BCUT2D eigenvalue weighted by Crippen LogP contribution is 2.38. The third kappa shape index (κ3) is 2.63.